The number of rotatable bonds is 4. The molecule has 7 nitrogen and oxygen atoms in total. The summed E-state index contributed by atoms with van der Waals surface area (Å²) in [5.74, 6) is 0.0744. The number of azide groups is 1. The van der Waals surface area contributed by atoms with E-state index in [1.54, 1.807) is 13.0 Å². The first-order valence-electron chi connectivity index (χ1n) is 9.44. The zero-order chi connectivity index (χ0) is 20.4. The van der Waals surface area contributed by atoms with Crippen LogP contribution in [-0.2, 0) is 14.3 Å². The van der Waals surface area contributed by atoms with Gasteiger partial charge in [-0.3, -0.25) is 4.79 Å². The second kappa shape index (κ2) is 8.09. The van der Waals surface area contributed by atoms with Crippen molar-refractivity contribution < 1.29 is 19.4 Å². The van der Waals surface area contributed by atoms with E-state index in [0.29, 0.717) is 17.9 Å². The summed E-state index contributed by atoms with van der Waals surface area (Å²) in [6.07, 6.45) is -1.31. The second-order valence-corrected chi connectivity index (χ2v) is 7.55. The van der Waals surface area contributed by atoms with Gasteiger partial charge in [0, 0.05) is 17.4 Å². The first kappa shape index (κ1) is 20.0. The summed E-state index contributed by atoms with van der Waals surface area (Å²) in [5.41, 5.74) is 10.8. The lowest BCUT2D eigenvalue weighted by atomic mass is 9.88. The van der Waals surface area contributed by atoms with E-state index in [9.17, 15) is 9.90 Å². The number of phenols is 1. The molecule has 1 saturated heterocycles. The fourth-order valence-electron chi connectivity index (χ4n) is 3.85. The van der Waals surface area contributed by atoms with Gasteiger partial charge in [0.2, 0.25) is 0 Å². The van der Waals surface area contributed by atoms with Crippen LogP contribution in [0.3, 0.4) is 0 Å². The zero-order valence-electron chi connectivity index (χ0n) is 16.5. The van der Waals surface area contributed by atoms with Crippen LogP contribution >= 0.6 is 0 Å². The minimum Gasteiger partial charge on any atom is -0.508 e. The normalized spacial score (nSPS) is 24.8. The van der Waals surface area contributed by atoms with Gasteiger partial charge in [-0.2, -0.15) is 0 Å². The van der Waals surface area contributed by atoms with E-state index in [1.807, 2.05) is 12.1 Å². The number of phenolic OH excluding ortho intramolecular Hbond substituents is 1. The molecule has 7 heteroatoms. The average Bonchev–Trinajstić information content (AvgIpc) is 2.63. The molecule has 2 unspecified atom stereocenters. The number of ether oxygens (including phenoxy) is 2. The highest BCUT2D eigenvalue weighted by atomic mass is 16.6. The first-order chi connectivity index (χ1) is 13.3. The number of fused-ring (bicyclic) bond motifs is 1. The van der Waals surface area contributed by atoms with Crippen LogP contribution in [0.5, 0.6) is 5.75 Å². The van der Waals surface area contributed by atoms with Gasteiger partial charge >= 0.3 is 5.97 Å². The van der Waals surface area contributed by atoms with Crippen molar-refractivity contribution in [1.82, 2.24) is 0 Å². The molecule has 28 heavy (non-hydrogen) atoms. The van der Waals surface area contributed by atoms with Crippen LogP contribution in [0.2, 0.25) is 0 Å². The second-order valence-electron chi connectivity index (χ2n) is 7.55. The van der Waals surface area contributed by atoms with E-state index in [1.165, 1.54) is 12.5 Å². The van der Waals surface area contributed by atoms with Crippen LogP contribution in [0.15, 0.2) is 35.4 Å². The van der Waals surface area contributed by atoms with Gasteiger partial charge in [-0.1, -0.05) is 43.2 Å². The molecule has 1 N–H and O–H groups in total. The summed E-state index contributed by atoms with van der Waals surface area (Å²) in [7, 11) is 0. The van der Waals surface area contributed by atoms with Crippen LogP contribution in [0.4, 0.5) is 0 Å². The molecule has 0 aliphatic carbocycles. The largest absolute Gasteiger partial charge is 0.508 e. The van der Waals surface area contributed by atoms with Crippen molar-refractivity contribution in [1.29, 1.82) is 0 Å². The van der Waals surface area contributed by atoms with E-state index >= 15 is 0 Å². The van der Waals surface area contributed by atoms with E-state index in [2.05, 4.69) is 36.0 Å². The van der Waals surface area contributed by atoms with Crippen molar-refractivity contribution >= 4 is 16.7 Å². The lowest BCUT2D eigenvalue weighted by Gasteiger charge is -2.38. The number of hydrogen-bond acceptors (Lipinski definition) is 5. The van der Waals surface area contributed by atoms with Gasteiger partial charge in [-0.05, 0) is 47.2 Å². The fourth-order valence-corrected chi connectivity index (χ4v) is 3.85. The van der Waals surface area contributed by atoms with Crippen LogP contribution in [0, 0.1) is 0 Å². The van der Waals surface area contributed by atoms with Crippen molar-refractivity contribution in [2.24, 2.45) is 5.11 Å². The van der Waals surface area contributed by atoms with Crippen molar-refractivity contribution in [2.45, 2.75) is 64.4 Å². The maximum atomic E-state index is 11.4. The molecule has 0 bridgehead atoms. The predicted octanol–water partition coefficient (Wildman–Crippen LogP) is 5.13. The van der Waals surface area contributed by atoms with Crippen LogP contribution in [0.25, 0.3) is 21.2 Å². The first-order valence-corrected chi connectivity index (χ1v) is 9.44. The summed E-state index contributed by atoms with van der Waals surface area (Å²) >= 11 is 0. The maximum Gasteiger partial charge on any atom is 0.303 e. The molecule has 0 aromatic heterocycles. The maximum absolute atomic E-state index is 11.4. The van der Waals surface area contributed by atoms with E-state index in [-0.39, 0.29) is 5.75 Å². The molecule has 0 radical (unpaired) electrons. The van der Waals surface area contributed by atoms with Gasteiger partial charge in [0.25, 0.3) is 0 Å². The number of esters is 1. The van der Waals surface area contributed by atoms with Crippen LogP contribution < -0.4 is 0 Å². The van der Waals surface area contributed by atoms with Crippen LogP contribution in [-0.4, -0.2) is 29.3 Å². The fraction of sp³-hybridized carbons (Fsp3) is 0.476. The minimum absolute atomic E-state index is 0.132. The Balaban J connectivity index is 2.03. The molecule has 2 aromatic rings. The molecule has 1 fully saturated rings. The molecule has 1 aliphatic rings. The number of nitrogens with zero attached hydrogens (tertiary/aromatic N) is 3. The topological polar surface area (TPSA) is 105 Å². The molecular formula is C21H25N3O4. The third-order valence-corrected chi connectivity index (χ3v) is 5.23. The van der Waals surface area contributed by atoms with Crippen molar-refractivity contribution in [3.8, 4) is 5.75 Å². The summed E-state index contributed by atoms with van der Waals surface area (Å²) in [6.45, 7) is 7.36. The Labute approximate surface area is 163 Å². The Morgan fingerprint density at radius 3 is 2.75 bits per heavy atom. The highest BCUT2D eigenvalue weighted by Gasteiger charge is 2.40. The van der Waals surface area contributed by atoms with Gasteiger partial charge in [-0.15, -0.1) is 0 Å². The Kier molecular flexibility index (Phi) is 5.77. The number of aromatic hydroxyl groups is 1. The molecule has 3 rings (SSSR count). The zero-order valence-corrected chi connectivity index (χ0v) is 16.5. The summed E-state index contributed by atoms with van der Waals surface area (Å²) in [4.78, 5) is 14.3. The Bertz CT molecular complexity index is 937. The Hall–Kier alpha value is -2.76. The van der Waals surface area contributed by atoms with Crippen molar-refractivity contribution in [3.05, 3.63) is 51.9 Å². The lowest BCUT2D eigenvalue weighted by Crippen LogP contribution is -2.45. The quantitative estimate of drug-likeness (QED) is 0.342. The van der Waals surface area contributed by atoms with Gasteiger partial charge in [-0.25, -0.2) is 0 Å². The summed E-state index contributed by atoms with van der Waals surface area (Å²) in [6, 6.07) is 9.13. The molecule has 148 valence electrons. The van der Waals surface area contributed by atoms with Gasteiger partial charge in [0.05, 0.1) is 18.2 Å². The van der Waals surface area contributed by atoms with Crippen molar-refractivity contribution in [2.75, 3.05) is 0 Å². The average molecular weight is 383 g/mol. The molecule has 4 atom stereocenters. The molecular weight excluding hydrogens is 358 g/mol. The minimum atomic E-state index is -0.658. The number of carbonyl (C=O) groups excluding carboxylic acids is 1. The molecule has 1 aliphatic heterocycles. The van der Waals surface area contributed by atoms with Gasteiger partial charge < -0.3 is 14.6 Å². The molecule has 0 spiro atoms. The van der Waals surface area contributed by atoms with Crippen molar-refractivity contribution in [3.63, 3.8) is 0 Å². The Morgan fingerprint density at radius 1 is 1.36 bits per heavy atom. The molecule has 0 saturated carbocycles. The number of carbonyl (C=O) groups is 1. The van der Waals surface area contributed by atoms with E-state index in [4.69, 9.17) is 15.0 Å². The number of hydrogen-bond donors (Lipinski definition) is 1. The van der Waals surface area contributed by atoms with E-state index < -0.39 is 30.3 Å². The highest BCUT2D eigenvalue weighted by molar-refractivity contribution is 5.88. The third-order valence-electron chi connectivity index (χ3n) is 5.23. The molecule has 1 heterocycles. The standard InChI is InChI=1S/C21H25N3O4/c1-11(2)14-5-7-16-15(9-14)6-8-18(26)20(16)19-10-17(23-24-22)21(12(3)27-19)28-13(4)25/h5-9,11-12,17,19,21,26H,10H2,1-4H3/t12?,17-,19+,21?/m0/s1. The SMILES string of the molecule is CC(=O)OC1C(C)O[C@@H](c2c(O)ccc3cc(C(C)C)ccc23)C[C@@H]1N=[N+]=[N-]. The predicted molar refractivity (Wildman–Crippen MR) is 106 cm³/mol. The van der Waals surface area contributed by atoms with E-state index in [0.717, 1.165) is 10.8 Å². The monoisotopic (exact) mass is 383 g/mol. The third kappa shape index (κ3) is 3.91. The Morgan fingerprint density at radius 2 is 2.11 bits per heavy atom. The molecule has 2 aromatic carbocycles. The van der Waals surface area contributed by atoms with Crippen LogP contribution in [0.1, 0.15) is 57.3 Å². The summed E-state index contributed by atoms with van der Waals surface area (Å²) in [5, 5.41) is 16.3. The lowest BCUT2D eigenvalue weighted by molar-refractivity contribution is -0.171. The van der Waals surface area contributed by atoms with Gasteiger partial charge in [0.15, 0.2) is 0 Å². The number of benzene rings is 2. The smallest absolute Gasteiger partial charge is 0.303 e. The summed E-state index contributed by atoms with van der Waals surface area (Å²) < 4.78 is 11.4. The highest BCUT2D eigenvalue weighted by Crippen LogP contribution is 2.42. The molecule has 0 amide bonds. The van der Waals surface area contributed by atoms with Gasteiger partial charge in [0.1, 0.15) is 11.9 Å².